The van der Waals surface area contributed by atoms with E-state index in [1.807, 2.05) is 0 Å². The summed E-state index contributed by atoms with van der Waals surface area (Å²) in [5.41, 5.74) is -1.43. The van der Waals surface area contributed by atoms with Gasteiger partial charge in [0, 0.05) is 11.8 Å². The second kappa shape index (κ2) is 8.59. The van der Waals surface area contributed by atoms with Crippen LogP contribution < -0.4 is 10.1 Å². The summed E-state index contributed by atoms with van der Waals surface area (Å²) in [6.45, 7) is 1.25. The van der Waals surface area contributed by atoms with E-state index < -0.39 is 40.3 Å². The SMILES string of the molecule is COc1ccc(C(=O)O[C@H](C)C(=O)Nc2ccc(C(F)(F)F)cc2)cc1[N+](=O)[O-]. The van der Waals surface area contributed by atoms with Crippen LogP contribution in [0.1, 0.15) is 22.8 Å². The number of nitro benzene ring substituents is 1. The number of hydrogen-bond donors (Lipinski definition) is 1. The van der Waals surface area contributed by atoms with Crippen molar-refractivity contribution in [1.29, 1.82) is 0 Å². The molecule has 0 saturated carbocycles. The Morgan fingerprint density at radius 1 is 1.14 bits per heavy atom. The van der Waals surface area contributed by atoms with E-state index in [-0.39, 0.29) is 17.0 Å². The number of amides is 1. The Morgan fingerprint density at radius 3 is 2.28 bits per heavy atom. The molecule has 0 unspecified atom stereocenters. The minimum absolute atomic E-state index is 0.0559. The minimum atomic E-state index is -4.51. The third-order valence-corrected chi connectivity index (χ3v) is 3.74. The van der Waals surface area contributed by atoms with Crippen LogP contribution in [0.2, 0.25) is 0 Å². The summed E-state index contributed by atoms with van der Waals surface area (Å²) in [5.74, 6) is -1.84. The van der Waals surface area contributed by atoms with Crippen molar-refractivity contribution in [1.82, 2.24) is 0 Å². The molecule has 2 aromatic rings. The average molecular weight is 412 g/mol. The first-order chi connectivity index (χ1) is 13.5. The molecule has 0 saturated heterocycles. The Bertz CT molecular complexity index is 928. The van der Waals surface area contributed by atoms with Gasteiger partial charge in [-0.2, -0.15) is 13.2 Å². The van der Waals surface area contributed by atoms with Crippen LogP contribution in [-0.2, 0) is 15.7 Å². The number of alkyl halides is 3. The van der Waals surface area contributed by atoms with E-state index >= 15 is 0 Å². The molecule has 2 rings (SSSR count). The maximum atomic E-state index is 12.5. The second-order valence-electron chi connectivity index (χ2n) is 5.76. The molecule has 0 aliphatic heterocycles. The molecule has 0 bridgehead atoms. The maximum absolute atomic E-state index is 12.5. The smallest absolute Gasteiger partial charge is 0.416 e. The van der Waals surface area contributed by atoms with Gasteiger partial charge >= 0.3 is 17.8 Å². The fraction of sp³-hybridized carbons (Fsp3) is 0.222. The normalized spacial score (nSPS) is 12.0. The fourth-order valence-corrected chi connectivity index (χ4v) is 2.23. The number of anilines is 1. The molecule has 1 amide bonds. The number of nitrogens with zero attached hydrogens (tertiary/aromatic N) is 1. The van der Waals surface area contributed by atoms with Crippen LogP contribution in [0.4, 0.5) is 24.5 Å². The monoisotopic (exact) mass is 412 g/mol. The van der Waals surface area contributed by atoms with Crippen LogP contribution in [0.3, 0.4) is 0 Å². The molecule has 154 valence electrons. The van der Waals surface area contributed by atoms with Gasteiger partial charge < -0.3 is 14.8 Å². The van der Waals surface area contributed by atoms with Crippen LogP contribution in [0, 0.1) is 10.1 Å². The maximum Gasteiger partial charge on any atom is 0.416 e. The first-order valence-corrected chi connectivity index (χ1v) is 8.04. The lowest BCUT2D eigenvalue weighted by atomic mass is 10.2. The first kappa shape index (κ1) is 21.7. The highest BCUT2D eigenvalue weighted by Crippen LogP contribution is 2.30. The zero-order valence-electron chi connectivity index (χ0n) is 15.1. The largest absolute Gasteiger partial charge is 0.490 e. The van der Waals surface area contributed by atoms with Gasteiger partial charge in [-0.25, -0.2) is 4.79 Å². The van der Waals surface area contributed by atoms with Gasteiger partial charge in [0.25, 0.3) is 5.91 Å². The van der Waals surface area contributed by atoms with Gasteiger partial charge in [-0.3, -0.25) is 14.9 Å². The lowest BCUT2D eigenvalue weighted by molar-refractivity contribution is -0.385. The number of nitrogens with one attached hydrogen (secondary N) is 1. The molecule has 0 aromatic heterocycles. The van der Waals surface area contributed by atoms with E-state index in [0.717, 1.165) is 30.3 Å². The lowest BCUT2D eigenvalue weighted by Crippen LogP contribution is -2.30. The topological polar surface area (TPSA) is 108 Å². The van der Waals surface area contributed by atoms with Gasteiger partial charge in [-0.15, -0.1) is 0 Å². The Labute approximate surface area is 162 Å². The summed E-state index contributed by atoms with van der Waals surface area (Å²) in [7, 11) is 1.23. The van der Waals surface area contributed by atoms with Crippen molar-refractivity contribution >= 4 is 23.3 Å². The lowest BCUT2D eigenvalue weighted by Gasteiger charge is -2.14. The van der Waals surface area contributed by atoms with Gasteiger partial charge in [0.15, 0.2) is 11.9 Å². The van der Waals surface area contributed by atoms with Crippen molar-refractivity contribution in [3.8, 4) is 5.75 Å². The number of nitro groups is 1. The van der Waals surface area contributed by atoms with Crippen molar-refractivity contribution < 1.29 is 37.2 Å². The molecule has 11 heteroatoms. The van der Waals surface area contributed by atoms with E-state index in [9.17, 15) is 32.9 Å². The molecule has 0 radical (unpaired) electrons. The quantitative estimate of drug-likeness (QED) is 0.439. The number of benzene rings is 2. The van der Waals surface area contributed by atoms with Gasteiger partial charge in [0.05, 0.1) is 23.2 Å². The number of rotatable bonds is 6. The van der Waals surface area contributed by atoms with Gasteiger partial charge in [0.2, 0.25) is 0 Å². The Kier molecular flexibility index (Phi) is 6.42. The Balaban J connectivity index is 2.04. The average Bonchev–Trinajstić information content (AvgIpc) is 2.66. The standard InChI is InChI=1S/C18H15F3N2O6/c1-10(16(24)22-13-6-4-12(5-7-13)18(19,20)21)29-17(25)11-3-8-15(28-2)14(9-11)23(26)27/h3-10H,1-2H3,(H,22,24)/t10-/m1/s1. The summed E-state index contributed by atoms with van der Waals surface area (Å²) in [6.07, 6.45) is -5.82. The number of methoxy groups -OCH3 is 1. The van der Waals surface area contributed by atoms with Crippen LogP contribution in [0.15, 0.2) is 42.5 Å². The van der Waals surface area contributed by atoms with Gasteiger partial charge in [-0.1, -0.05) is 0 Å². The summed E-state index contributed by atoms with van der Waals surface area (Å²) < 4.78 is 47.4. The highest BCUT2D eigenvalue weighted by Gasteiger charge is 2.30. The Morgan fingerprint density at radius 2 is 1.76 bits per heavy atom. The molecule has 0 aliphatic carbocycles. The van der Waals surface area contributed by atoms with Crippen LogP contribution in [0.25, 0.3) is 0 Å². The van der Waals surface area contributed by atoms with Crippen LogP contribution >= 0.6 is 0 Å². The van der Waals surface area contributed by atoms with E-state index in [1.165, 1.54) is 26.2 Å². The van der Waals surface area contributed by atoms with Crippen molar-refractivity contribution in [2.45, 2.75) is 19.2 Å². The van der Waals surface area contributed by atoms with Crippen LogP contribution in [0.5, 0.6) is 5.75 Å². The van der Waals surface area contributed by atoms with E-state index in [1.54, 1.807) is 0 Å². The molecule has 0 fully saturated rings. The zero-order valence-corrected chi connectivity index (χ0v) is 15.1. The molecule has 1 atom stereocenters. The number of carbonyl (C=O) groups excluding carboxylic acids is 2. The Hall–Kier alpha value is -3.63. The molecular weight excluding hydrogens is 397 g/mol. The summed E-state index contributed by atoms with van der Waals surface area (Å²) >= 11 is 0. The summed E-state index contributed by atoms with van der Waals surface area (Å²) in [4.78, 5) is 34.5. The predicted molar refractivity (Wildman–Crippen MR) is 94.6 cm³/mol. The van der Waals surface area contributed by atoms with E-state index in [4.69, 9.17) is 9.47 Å². The molecule has 2 aromatic carbocycles. The molecule has 0 aliphatic rings. The second-order valence-corrected chi connectivity index (χ2v) is 5.76. The number of hydrogen-bond acceptors (Lipinski definition) is 6. The molecule has 0 spiro atoms. The number of esters is 1. The molecule has 0 heterocycles. The van der Waals surface area contributed by atoms with Gasteiger partial charge in [0.1, 0.15) is 0 Å². The number of halogens is 3. The summed E-state index contributed by atoms with van der Waals surface area (Å²) in [6, 6.07) is 7.09. The highest BCUT2D eigenvalue weighted by molar-refractivity contribution is 5.97. The van der Waals surface area contributed by atoms with Crippen molar-refractivity contribution in [2.75, 3.05) is 12.4 Å². The van der Waals surface area contributed by atoms with Crippen molar-refractivity contribution in [2.24, 2.45) is 0 Å². The molecule has 8 nitrogen and oxygen atoms in total. The summed E-state index contributed by atoms with van der Waals surface area (Å²) in [5, 5.41) is 13.3. The minimum Gasteiger partial charge on any atom is -0.490 e. The highest BCUT2D eigenvalue weighted by atomic mass is 19.4. The number of ether oxygens (including phenoxy) is 2. The molecular formula is C18H15F3N2O6. The third kappa shape index (κ3) is 5.43. The molecule has 1 N–H and O–H groups in total. The van der Waals surface area contributed by atoms with Crippen LogP contribution in [-0.4, -0.2) is 30.0 Å². The number of carbonyl (C=O) groups is 2. The predicted octanol–water partition coefficient (Wildman–Crippen LogP) is 3.81. The van der Waals surface area contributed by atoms with Crippen molar-refractivity contribution in [3.05, 3.63) is 63.7 Å². The fourth-order valence-electron chi connectivity index (χ4n) is 2.23. The molecule has 29 heavy (non-hydrogen) atoms. The first-order valence-electron chi connectivity index (χ1n) is 8.04. The van der Waals surface area contributed by atoms with E-state index in [0.29, 0.717) is 0 Å². The van der Waals surface area contributed by atoms with Gasteiger partial charge in [-0.05, 0) is 43.3 Å². The van der Waals surface area contributed by atoms with Crippen molar-refractivity contribution in [3.63, 3.8) is 0 Å². The third-order valence-electron chi connectivity index (χ3n) is 3.74. The van der Waals surface area contributed by atoms with E-state index in [2.05, 4.69) is 5.32 Å². The zero-order chi connectivity index (χ0) is 21.8.